The van der Waals surface area contributed by atoms with Crippen molar-refractivity contribution in [2.75, 3.05) is 19.6 Å². The summed E-state index contributed by atoms with van der Waals surface area (Å²) in [6.07, 6.45) is 5.47. The fourth-order valence-corrected chi connectivity index (χ4v) is 3.49. The molecule has 0 bridgehead atoms. The van der Waals surface area contributed by atoms with Crippen molar-refractivity contribution in [2.24, 2.45) is 29.1 Å². The highest BCUT2D eigenvalue weighted by Gasteiger charge is 2.36. The van der Waals surface area contributed by atoms with Gasteiger partial charge in [0.2, 0.25) is 0 Å². The molecule has 0 aromatic carbocycles. The molecule has 0 radical (unpaired) electrons. The van der Waals surface area contributed by atoms with Gasteiger partial charge >= 0.3 is 0 Å². The predicted molar refractivity (Wildman–Crippen MR) is 104 cm³/mol. The van der Waals surface area contributed by atoms with Crippen LogP contribution in [0.2, 0.25) is 0 Å². The van der Waals surface area contributed by atoms with Crippen molar-refractivity contribution in [3.05, 3.63) is 0 Å². The van der Waals surface area contributed by atoms with E-state index in [9.17, 15) is 0 Å². The van der Waals surface area contributed by atoms with Gasteiger partial charge in [0.25, 0.3) is 0 Å². The van der Waals surface area contributed by atoms with E-state index < -0.39 is 0 Å². The standard InChI is InChI=1S/C21H44N2/c1-16(2)13-23-21(7,8)20(5,6)10-9-17(3)14-22-15-19-11-18(4)12-19/h16-19,22-23H,9-15H2,1-8H3. The smallest absolute Gasteiger partial charge is 0.0176 e. The number of hydrogen-bond donors (Lipinski definition) is 2. The number of nitrogens with one attached hydrogen (secondary N) is 2. The van der Waals surface area contributed by atoms with Crippen molar-refractivity contribution in [3.63, 3.8) is 0 Å². The van der Waals surface area contributed by atoms with Crippen LogP contribution in [0.4, 0.5) is 0 Å². The highest BCUT2D eigenvalue weighted by molar-refractivity contribution is 4.93. The molecule has 0 amide bonds. The van der Waals surface area contributed by atoms with Crippen LogP contribution in [-0.2, 0) is 0 Å². The fraction of sp³-hybridized carbons (Fsp3) is 1.00. The molecule has 1 saturated carbocycles. The van der Waals surface area contributed by atoms with Gasteiger partial charge in [0, 0.05) is 5.54 Å². The summed E-state index contributed by atoms with van der Waals surface area (Å²) >= 11 is 0. The monoisotopic (exact) mass is 324 g/mol. The molecule has 1 rings (SSSR count). The van der Waals surface area contributed by atoms with Crippen LogP contribution in [0.3, 0.4) is 0 Å². The first kappa shape index (κ1) is 21.0. The van der Waals surface area contributed by atoms with Gasteiger partial charge in [0.15, 0.2) is 0 Å². The lowest BCUT2D eigenvalue weighted by molar-refractivity contribution is 0.127. The Kier molecular flexibility index (Phi) is 8.07. The van der Waals surface area contributed by atoms with E-state index in [2.05, 4.69) is 66.0 Å². The molecule has 2 heteroatoms. The summed E-state index contributed by atoms with van der Waals surface area (Å²) in [6, 6.07) is 0. The van der Waals surface area contributed by atoms with Crippen LogP contribution in [0, 0.1) is 29.1 Å². The molecule has 2 N–H and O–H groups in total. The molecule has 1 atom stereocenters. The van der Waals surface area contributed by atoms with E-state index in [1.807, 2.05) is 0 Å². The second-order valence-electron chi connectivity index (χ2n) is 10.0. The lowest BCUT2D eigenvalue weighted by atomic mass is 9.70. The third-order valence-electron chi connectivity index (χ3n) is 6.30. The average molecular weight is 325 g/mol. The minimum Gasteiger partial charge on any atom is -0.316 e. The molecule has 0 saturated heterocycles. The summed E-state index contributed by atoms with van der Waals surface area (Å²) < 4.78 is 0. The molecule has 1 aliphatic rings. The van der Waals surface area contributed by atoms with Gasteiger partial charge in [-0.15, -0.1) is 0 Å². The largest absolute Gasteiger partial charge is 0.316 e. The molecule has 23 heavy (non-hydrogen) atoms. The molecule has 1 unspecified atom stereocenters. The van der Waals surface area contributed by atoms with Gasteiger partial charge in [-0.05, 0) is 88.3 Å². The van der Waals surface area contributed by atoms with Crippen molar-refractivity contribution in [2.45, 2.75) is 86.6 Å². The molecule has 138 valence electrons. The maximum Gasteiger partial charge on any atom is 0.0176 e. The maximum absolute atomic E-state index is 3.78. The van der Waals surface area contributed by atoms with Gasteiger partial charge in [0.05, 0.1) is 0 Å². The summed E-state index contributed by atoms with van der Waals surface area (Å²) in [5, 5.41) is 7.49. The molecule has 1 fully saturated rings. The van der Waals surface area contributed by atoms with Crippen LogP contribution in [-0.4, -0.2) is 25.2 Å². The van der Waals surface area contributed by atoms with Gasteiger partial charge in [0.1, 0.15) is 0 Å². The number of rotatable bonds is 11. The Hall–Kier alpha value is -0.0800. The zero-order chi connectivity index (χ0) is 17.7. The van der Waals surface area contributed by atoms with Crippen molar-refractivity contribution >= 4 is 0 Å². The summed E-state index contributed by atoms with van der Waals surface area (Å²) in [4.78, 5) is 0. The fourth-order valence-electron chi connectivity index (χ4n) is 3.49. The molecular weight excluding hydrogens is 280 g/mol. The average Bonchev–Trinajstić information content (AvgIpc) is 2.41. The Labute approximate surface area is 146 Å². The molecular formula is C21H44N2. The Morgan fingerprint density at radius 2 is 1.61 bits per heavy atom. The van der Waals surface area contributed by atoms with E-state index in [1.165, 1.54) is 38.8 Å². The van der Waals surface area contributed by atoms with Crippen LogP contribution in [0.5, 0.6) is 0 Å². The van der Waals surface area contributed by atoms with E-state index in [-0.39, 0.29) is 5.54 Å². The van der Waals surface area contributed by atoms with E-state index in [0.29, 0.717) is 11.3 Å². The number of hydrogen-bond acceptors (Lipinski definition) is 2. The first-order chi connectivity index (χ1) is 10.5. The highest BCUT2D eigenvalue weighted by atomic mass is 15.0. The molecule has 0 spiro atoms. The minimum atomic E-state index is 0.187. The van der Waals surface area contributed by atoms with Gasteiger partial charge < -0.3 is 10.6 Å². The van der Waals surface area contributed by atoms with Crippen LogP contribution in [0.1, 0.15) is 81.1 Å². The molecule has 2 nitrogen and oxygen atoms in total. The topological polar surface area (TPSA) is 24.1 Å². The first-order valence-electron chi connectivity index (χ1n) is 9.99. The van der Waals surface area contributed by atoms with Gasteiger partial charge in [-0.3, -0.25) is 0 Å². The zero-order valence-electron chi connectivity index (χ0n) is 17.3. The summed E-state index contributed by atoms with van der Waals surface area (Å²) in [6.45, 7) is 22.5. The lowest BCUT2D eigenvalue weighted by Crippen LogP contribution is -2.52. The SMILES string of the molecule is CC(C)CNC(C)(C)C(C)(C)CCC(C)CNCC1CC(C)C1. The molecule has 0 aromatic heterocycles. The van der Waals surface area contributed by atoms with Crippen molar-refractivity contribution in [1.82, 2.24) is 10.6 Å². The highest BCUT2D eigenvalue weighted by Crippen LogP contribution is 2.36. The van der Waals surface area contributed by atoms with E-state index in [4.69, 9.17) is 0 Å². The van der Waals surface area contributed by atoms with Crippen molar-refractivity contribution in [1.29, 1.82) is 0 Å². The Balaban J connectivity index is 2.24. The van der Waals surface area contributed by atoms with Crippen LogP contribution < -0.4 is 10.6 Å². The lowest BCUT2D eigenvalue weighted by Gasteiger charge is -2.44. The van der Waals surface area contributed by atoms with E-state index in [0.717, 1.165) is 24.3 Å². The summed E-state index contributed by atoms with van der Waals surface area (Å²) in [5.74, 6) is 3.41. The molecule has 0 aromatic rings. The van der Waals surface area contributed by atoms with Gasteiger partial charge in [-0.1, -0.05) is 41.5 Å². The van der Waals surface area contributed by atoms with Gasteiger partial charge in [-0.25, -0.2) is 0 Å². The molecule has 0 heterocycles. The third kappa shape index (κ3) is 7.13. The first-order valence-corrected chi connectivity index (χ1v) is 9.99. The zero-order valence-corrected chi connectivity index (χ0v) is 17.3. The quantitative estimate of drug-likeness (QED) is 0.553. The van der Waals surface area contributed by atoms with Crippen LogP contribution >= 0.6 is 0 Å². The molecule has 0 aliphatic heterocycles. The summed E-state index contributed by atoms with van der Waals surface area (Å²) in [5.41, 5.74) is 0.506. The second-order valence-corrected chi connectivity index (χ2v) is 10.0. The van der Waals surface area contributed by atoms with Crippen molar-refractivity contribution in [3.8, 4) is 0 Å². The van der Waals surface area contributed by atoms with Crippen LogP contribution in [0.25, 0.3) is 0 Å². The summed E-state index contributed by atoms with van der Waals surface area (Å²) in [7, 11) is 0. The Bertz CT molecular complexity index is 327. The van der Waals surface area contributed by atoms with Crippen LogP contribution in [0.15, 0.2) is 0 Å². The van der Waals surface area contributed by atoms with E-state index in [1.54, 1.807) is 0 Å². The Morgan fingerprint density at radius 3 is 2.13 bits per heavy atom. The Morgan fingerprint density at radius 1 is 1.00 bits per heavy atom. The normalized spacial score (nSPS) is 23.9. The molecule has 1 aliphatic carbocycles. The van der Waals surface area contributed by atoms with E-state index >= 15 is 0 Å². The third-order valence-corrected chi connectivity index (χ3v) is 6.30. The second kappa shape index (κ2) is 8.85. The van der Waals surface area contributed by atoms with Crippen molar-refractivity contribution < 1.29 is 0 Å². The minimum absolute atomic E-state index is 0.187. The van der Waals surface area contributed by atoms with Gasteiger partial charge in [-0.2, -0.15) is 0 Å². The predicted octanol–water partition coefficient (Wildman–Crippen LogP) is 5.09. The maximum atomic E-state index is 3.78.